The highest BCUT2D eigenvalue weighted by Gasteiger charge is 2.23. The van der Waals surface area contributed by atoms with E-state index in [0.717, 1.165) is 0 Å². The molecule has 70 valence electrons. The Morgan fingerprint density at radius 3 is 2.23 bits per heavy atom. The number of hydrogen-bond donors (Lipinski definition) is 1. The Morgan fingerprint density at radius 1 is 1.23 bits per heavy atom. The Kier molecular flexibility index (Phi) is 2.30. The molecule has 0 unspecified atom stereocenters. The first-order chi connectivity index (χ1) is 6.16. The van der Waals surface area contributed by atoms with Crippen LogP contribution in [0.3, 0.4) is 0 Å². The van der Waals surface area contributed by atoms with Gasteiger partial charge in [-0.25, -0.2) is 9.97 Å². The molecule has 1 saturated carbocycles. The van der Waals surface area contributed by atoms with E-state index in [4.69, 9.17) is 23.2 Å². The summed E-state index contributed by atoms with van der Waals surface area (Å²) in [5.41, 5.74) is 0.663. The summed E-state index contributed by atoms with van der Waals surface area (Å²) in [5, 5.41) is 4.00. The van der Waals surface area contributed by atoms with E-state index in [-0.39, 0.29) is 0 Å². The molecular formula is C8H9Cl2N3. The van der Waals surface area contributed by atoms with Gasteiger partial charge in [0.05, 0.1) is 0 Å². The molecule has 0 radical (unpaired) electrons. The molecule has 1 aromatic heterocycles. The van der Waals surface area contributed by atoms with Gasteiger partial charge < -0.3 is 5.32 Å². The van der Waals surface area contributed by atoms with Crippen molar-refractivity contribution in [1.29, 1.82) is 0 Å². The van der Waals surface area contributed by atoms with Crippen LogP contribution in [0.15, 0.2) is 0 Å². The molecule has 5 heteroatoms. The lowest BCUT2D eigenvalue weighted by molar-refractivity contribution is 1.04. The molecule has 0 saturated heterocycles. The standard InChI is InChI=1S/C8H9Cl2N3/c1-4-11-7(9)6(8(10)12-4)13-5-2-3-5/h5,13H,2-3H2,1H3. The third kappa shape index (κ3) is 2.03. The monoisotopic (exact) mass is 217 g/mol. The van der Waals surface area contributed by atoms with Gasteiger partial charge in [0.2, 0.25) is 0 Å². The zero-order chi connectivity index (χ0) is 9.42. The predicted molar refractivity (Wildman–Crippen MR) is 53.4 cm³/mol. The van der Waals surface area contributed by atoms with Gasteiger partial charge in [0.25, 0.3) is 0 Å². The molecule has 1 aliphatic carbocycles. The van der Waals surface area contributed by atoms with Crippen LogP contribution in [0.25, 0.3) is 0 Å². The summed E-state index contributed by atoms with van der Waals surface area (Å²) < 4.78 is 0. The molecule has 3 nitrogen and oxygen atoms in total. The number of anilines is 1. The van der Waals surface area contributed by atoms with Crippen LogP contribution in [0, 0.1) is 6.92 Å². The minimum Gasteiger partial charge on any atom is -0.377 e. The van der Waals surface area contributed by atoms with Gasteiger partial charge in [0.15, 0.2) is 10.3 Å². The van der Waals surface area contributed by atoms with Crippen molar-refractivity contribution < 1.29 is 0 Å². The highest BCUT2D eigenvalue weighted by Crippen LogP contribution is 2.32. The van der Waals surface area contributed by atoms with Gasteiger partial charge in [-0.05, 0) is 19.8 Å². The van der Waals surface area contributed by atoms with Gasteiger partial charge >= 0.3 is 0 Å². The van der Waals surface area contributed by atoms with Crippen molar-refractivity contribution in [1.82, 2.24) is 9.97 Å². The molecule has 2 rings (SSSR count). The van der Waals surface area contributed by atoms with Gasteiger partial charge in [-0.1, -0.05) is 23.2 Å². The second-order valence-corrected chi connectivity index (χ2v) is 3.86. The van der Waals surface area contributed by atoms with Crippen molar-refractivity contribution in [2.75, 3.05) is 5.32 Å². The quantitative estimate of drug-likeness (QED) is 0.775. The van der Waals surface area contributed by atoms with E-state index in [2.05, 4.69) is 15.3 Å². The van der Waals surface area contributed by atoms with Crippen LogP contribution in [-0.2, 0) is 0 Å². The maximum atomic E-state index is 5.91. The van der Waals surface area contributed by atoms with Crippen molar-refractivity contribution in [2.45, 2.75) is 25.8 Å². The van der Waals surface area contributed by atoms with Crippen LogP contribution in [-0.4, -0.2) is 16.0 Å². The zero-order valence-corrected chi connectivity index (χ0v) is 8.65. The Morgan fingerprint density at radius 2 is 1.77 bits per heavy atom. The molecule has 0 atom stereocenters. The highest BCUT2D eigenvalue weighted by molar-refractivity contribution is 6.37. The number of rotatable bonds is 2. The molecule has 0 bridgehead atoms. The Hall–Kier alpha value is -0.540. The molecule has 1 aliphatic rings. The third-order valence-corrected chi connectivity index (χ3v) is 2.41. The Bertz CT molecular complexity index is 313. The molecule has 1 N–H and O–H groups in total. The molecular weight excluding hydrogens is 209 g/mol. The fourth-order valence-corrected chi connectivity index (χ4v) is 1.64. The summed E-state index contributed by atoms with van der Waals surface area (Å²) in [6.45, 7) is 1.76. The van der Waals surface area contributed by atoms with Crippen molar-refractivity contribution in [2.24, 2.45) is 0 Å². The van der Waals surface area contributed by atoms with Crippen LogP contribution in [0.2, 0.25) is 10.3 Å². The van der Waals surface area contributed by atoms with Crippen molar-refractivity contribution in [3.63, 3.8) is 0 Å². The molecule has 1 fully saturated rings. The molecule has 13 heavy (non-hydrogen) atoms. The highest BCUT2D eigenvalue weighted by atomic mass is 35.5. The topological polar surface area (TPSA) is 37.8 Å². The number of aryl methyl sites for hydroxylation is 1. The Labute approximate surface area is 86.5 Å². The largest absolute Gasteiger partial charge is 0.377 e. The average molecular weight is 218 g/mol. The van der Waals surface area contributed by atoms with E-state index in [0.29, 0.717) is 27.9 Å². The lowest BCUT2D eigenvalue weighted by Crippen LogP contribution is -2.05. The maximum absolute atomic E-state index is 5.91. The van der Waals surface area contributed by atoms with Crippen molar-refractivity contribution >= 4 is 28.9 Å². The van der Waals surface area contributed by atoms with Gasteiger partial charge in [0, 0.05) is 6.04 Å². The molecule has 0 aliphatic heterocycles. The second kappa shape index (κ2) is 3.31. The lowest BCUT2D eigenvalue weighted by atomic mass is 10.5. The maximum Gasteiger partial charge on any atom is 0.157 e. The third-order valence-electron chi connectivity index (χ3n) is 1.86. The molecule has 0 aromatic carbocycles. The van der Waals surface area contributed by atoms with E-state index < -0.39 is 0 Å². The van der Waals surface area contributed by atoms with E-state index in [1.165, 1.54) is 12.8 Å². The number of nitrogens with zero attached hydrogens (tertiary/aromatic N) is 2. The van der Waals surface area contributed by atoms with Gasteiger partial charge in [-0.15, -0.1) is 0 Å². The fourth-order valence-electron chi connectivity index (χ4n) is 1.06. The normalized spacial score (nSPS) is 15.9. The van der Waals surface area contributed by atoms with Gasteiger partial charge in [-0.2, -0.15) is 0 Å². The number of halogens is 2. The van der Waals surface area contributed by atoms with Gasteiger partial charge in [0.1, 0.15) is 11.5 Å². The van der Waals surface area contributed by atoms with Crippen molar-refractivity contribution in [3.05, 3.63) is 16.1 Å². The first-order valence-corrected chi connectivity index (χ1v) is 4.88. The number of aromatic nitrogens is 2. The SMILES string of the molecule is Cc1nc(Cl)c(NC2CC2)c(Cl)n1. The number of nitrogens with one attached hydrogen (secondary N) is 1. The van der Waals surface area contributed by atoms with Crippen LogP contribution < -0.4 is 5.32 Å². The van der Waals surface area contributed by atoms with Crippen molar-refractivity contribution in [3.8, 4) is 0 Å². The van der Waals surface area contributed by atoms with Crippen LogP contribution in [0.5, 0.6) is 0 Å². The first kappa shape index (κ1) is 9.03. The van der Waals surface area contributed by atoms with E-state index in [9.17, 15) is 0 Å². The molecule has 1 aromatic rings. The summed E-state index contributed by atoms with van der Waals surface area (Å²) in [4.78, 5) is 8.05. The minimum absolute atomic E-state index is 0.407. The van der Waals surface area contributed by atoms with E-state index in [1.54, 1.807) is 6.92 Å². The first-order valence-electron chi connectivity index (χ1n) is 4.13. The smallest absolute Gasteiger partial charge is 0.157 e. The fraction of sp³-hybridized carbons (Fsp3) is 0.500. The molecule has 1 heterocycles. The summed E-state index contributed by atoms with van der Waals surface area (Å²) in [7, 11) is 0. The lowest BCUT2D eigenvalue weighted by Gasteiger charge is -2.07. The van der Waals surface area contributed by atoms with Gasteiger partial charge in [-0.3, -0.25) is 0 Å². The minimum atomic E-state index is 0.407. The summed E-state index contributed by atoms with van der Waals surface area (Å²) in [5.74, 6) is 0.594. The van der Waals surface area contributed by atoms with Crippen LogP contribution in [0.1, 0.15) is 18.7 Å². The summed E-state index contributed by atoms with van der Waals surface area (Å²) in [6.07, 6.45) is 2.33. The zero-order valence-electron chi connectivity index (χ0n) is 7.14. The predicted octanol–water partition coefficient (Wildman–Crippen LogP) is 2.67. The van der Waals surface area contributed by atoms with E-state index >= 15 is 0 Å². The van der Waals surface area contributed by atoms with Crippen LogP contribution >= 0.6 is 23.2 Å². The molecule has 0 spiro atoms. The Balaban J connectivity index is 2.31. The summed E-state index contributed by atoms with van der Waals surface area (Å²) in [6, 6.07) is 0.501. The van der Waals surface area contributed by atoms with E-state index in [1.807, 2.05) is 0 Å². The average Bonchev–Trinajstić information content (AvgIpc) is 2.79. The number of hydrogen-bond acceptors (Lipinski definition) is 3. The summed E-state index contributed by atoms with van der Waals surface area (Å²) >= 11 is 11.8. The molecule has 0 amide bonds. The van der Waals surface area contributed by atoms with Crippen LogP contribution in [0.4, 0.5) is 5.69 Å². The second-order valence-electron chi connectivity index (χ2n) is 3.15.